The van der Waals surface area contributed by atoms with Gasteiger partial charge in [0.25, 0.3) is 0 Å². The first-order valence-electron chi connectivity index (χ1n) is 10.8. The number of nitrogens with zero attached hydrogens (tertiary/aromatic N) is 2. The molecule has 2 aromatic rings. The first-order valence-corrected chi connectivity index (χ1v) is 10.8. The molecule has 2 saturated heterocycles. The van der Waals surface area contributed by atoms with Gasteiger partial charge in [-0.15, -0.1) is 0 Å². The van der Waals surface area contributed by atoms with Gasteiger partial charge < -0.3 is 15.2 Å². The minimum Gasteiger partial charge on any atom is -0.358 e. The lowest BCUT2D eigenvalue weighted by Crippen LogP contribution is -2.50. The summed E-state index contributed by atoms with van der Waals surface area (Å²) in [5, 5.41) is 13.8. The number of carbonyl (C=O) groups excluding carboxylic acids is 1. The number of piperidine rings is 1. The molecule has 2 aliphatic heterocycles. The monoisotopic (exact) mass is 378 g/mol. The molecule has 28 heavy (non-hydrogen) atoms. The van der Waals surface area contributed by atoms with Crippen LogP contribution < -0.4 is 5.32 Å². The van der Waals surface area contributed by atoms with Crippen LogP contribution in [0.15, 0.2) is 18.2 Å². The summed E-state index contributed by atoms with van der Waals surface area (Å²) >= 11 is 0. The maximum atomic E-state index is 13.0. The molecule has 0 radical (unpaired) electrons. The maximum absolute atomic E-state index is 13.0. The van der Waals surface area contributed by atoms with Crippen molar-refractivity contribution in [1.29, 1.82) is 5.26 Å². The summed E-state index contributed by atoms with van der Waals surface area (Å²) < 4.78 is 0. The van der Waals surface area contributed by atoms with Crippen LogP contribution in [-0.2, 0) is 17.6 Å². The molecule has 2 atom stereocenters. The Balaban J connectivity index is 1.50. The third-order valence-corrected chi connectivity index (χ3v) is 6.47. The average Bonchev–Trinajstić information content (AvgIpc) is 3.39. The largest absolute Gasteiger partial charge is 0.358 e. The van der Waals surface area contributed by atoms with Crippen LogP contribution in [0.5, 0.6) is 0 Å². The van der Waals surface area contributed by atoms with Gasteiger partial charge in [0.15, 0.2) is 0 Å². The number of nitrogens with one attached hydrogen (secondary N) is 2. The topological polar surface area (TPSA) is 71.9 Å². The predicted octanol–water partition coefficient (Wildman–Crippen LogP) is 3.67. The molecule has 4 rings (SSSR count). The van der Waals surface area contributed by atoms with E-state index in [1.165, 1.54) is 23.1 Å². The lowest BCUT2D eigenvalue weighted by atomic mass is 9.95. The van der Waals surface area contributed by atoms with E-state index in [0.29, 0.717) is 17.5 Å². The summed E-state index contributed by atoms with van der Waals surface area (Å²) in [5.41, 5.74) is 4.36. The van der Waals surface area contributed by atoms with Crippen LogP contribution in [0.1, 0.15) is 62.3 Å². The Labute approximate surface area is 167 Å². The van der Waals surface area contributed by atoms with Crippen LogP contribution in [-0.4, -0.2) is 41.0 Å². The number of aryl methyl sites for hydroxylation is 2. The summed E-state index contributed by atoms with van der Waals surface area (Å²) in [6.45, 7) is 4.06. The van der Waals surface area contributed by atoms with Crippen LogP contribution in [0.4, 0.5) is 0 Å². The number of hydrogen-bond acceptors (Lipinski definition) is 3. The van der Waals surface area contributed by atoms with E-state index in [2.05, 4.69) is 34.3 Å². The van der Waals surface area contributed by atoms with Crippen molar-refractivity contribution in [3.63, 3.8) is 0 Å². The highest BCUT2D eigenvalue weighted by molar-refractivity contribution is 5.86. The summed E-state index contributed by atoms with van der Waals surface area (Å²) in [6, 6.07) is 8.51. The Kier molecular flexibility index (Phi) is 5.68. The van der Waals surface area contributed by atoms with Gasteiger partial charge in [-0.05, 0) is 75.6 Å². The molecule has 2 fully saturated rings. The van der Waals surface area contributed by atoms with Gasteiger partial charge in [0.1, 0.15) is 0 Å². The minimum absolute atomic E-state index is 0.0317. The van der Waals surface area contributed by atoms with Crippen molar-refractivity contribution in [2.45, 2.75) is 70.4 Å². The number of carbonyl (C=O) groups is 1. The fourth-order valence-corrected chi connectivity index (χ4v) is 5.00. The number of fused-ring (bicyclic) bond motifs is 1. The molecule has 0 aliphatic carbocycles. The van der Waals surface area contributed by atoms with Crippen molar-refractivity contribution in [3.8, 4) is 6.07 Å². The van der Waals surface area contributed by atoms with Crippen LogP contribution in [0.25, 0.3) is 10.9 Å². The Bertz CT molecular complexity index is 888. The Hall–Kier alpha value is -2.32. The molecule has 5 nitrogen and oxygen atoms in total. The van der Waals surface area contributed by atoms with Gasteiger partial charge in [-0.3, -0.25) is 4.79 Å². The van der Waals surface area contributed by atoms with Gasteiger partial charge in [-0.25, -0.2) is 0 Å². The molecule has 2 N–H and O–H groups in total. The Morgan fingerprint density at radius 3 is 2.93 bits per heavy atom. The Morgan fingerprint density at radius 2 is 2.18 bits per heavy atom. The number of aromatic nitrogens is 1. The summed E-state index contributed by atoms with van der Waals surface area (Å²) in [7, 11) is 0. The maximum Gasteiger partial charge on any atom is 0.239 e. The number of nitriles is 1. The standard InChI is InChI=1S/C23H30N4O/c1-2-18-19-10-8-16(15-24)14-22(19)26-20(18)11-9-17-6-3-4-13-27(17)23(28)21-7-5-12-25-21/h8,10,14,17,21,25-26H,2-7,9,11-13H2,1H3/t17-,21+/m0/s1. The number of benzene rings is 1. The molecule has 1 aromatic carbocycles. The SMILES string of the molecule is CCc1c(CC[C@@H]2CCCCN2C(=O)[C@H]2CCCN2)[nH]c2cc(C#N)ccc12. The zero-order valence-electron chi connectivity index (χ0n) is 16.8. The molecule has 0 saturated carbocycles. The van der Waals surface area contributed by atoms with Crippen LogP contribution >= 0.6 is 0 Å². The number of hydrogen-bond donors (Lipinski definition) is 2. The molecule has 0 bridgehead atoms. The minimum atomic E-state index is 0.0317. The number of H-pyrrole nitrogens is 1. The summed E-state index contributed by atoms with van der Waals surface area (Å²) in [5.74, 6) is 0.313. The molecule has 148 valence electrons. The zero-order valence-corrected chi connectivity index (χ0v) is 16.8. The van der Waals surface area contributed by atoms with E-state index in [9.17, 15) is 4.79 Å². The van der Waals surface area contributed by atoms with Crippen LogP contribution in [0, 0.1) is 11.3 Å². The fraction of sp³-hybridized carbons (Fsp3) is 0.565. The van der Waals surface area contributed by atoms with Gasteiger partial charge in [0.05, 0.1) is 17.7 Å². The van der Waals surface area contributed by atoms with E-state index >= 15 is 0 Å². The van der Waals surface area contributed by atoms with Crippen LogP contribution in [0.3, 0.4) is 0 Å². The van der Waals surface area contributed by atoms with E-state index in [1.807, 2.05) is 12.1 Å². The quantitative estimate of drug-likeness (QED) is 0.834. The molecule has 3 heterocycles. The molecule has 2 aliphatic rings. The smallest absolute Gasteiger partial charge is 0.239 e. The number of amides is 1. The number of rotatable bonds is 5. The lowest BCUT2D eigenvalue weighted by Gasteiger charge is -2.37. The van der Waals surface area contributed by atoms with Gasteiger partial charge in [0, 0.05) is 29.2 Å². The van der Waals surface area contributed by atoms with Gasteiger partial charge in [-0.1, -0.05) is 13.0 Å². The van der Waals surface area contributed by atoms with E-state index < -0.39 is 0 Å². The second kappa shape index (κ2) is 8.36. The van der Waals surface area contributed by atoms with Crippen molar-refractivity contribution >= 4 is 16.8 Å². The predicted molar refractivity (Wildman–Crippen MR) is 111 cm³/mol. The van der Waals surface area contributed by atoms with Crippen LogP contribution in [0.2, 0.25) is 0 Å². The lowest BCUT2D eigenvalue weighted by molar-refractivity contribution is -0.136. The molecular formula is C23H30N4O. The second-order valence-electron chi connectivity index (χ2n) is 8.18. The first kappa shape index (κ1) is 19.0. The number of likely N-dealkylation sites (tertiary alicyclic amines) is 1. The second-order valence-corrected chi connectivity index (χ2v) is 8.18. The third-order valence-electron chi connectivity index (χ3n) is 6.47. The van der Waals surface area contributed by atoms with E-state index in [0.717, 1.165) is 63.6 Å². The summed E-state index contributed by atoms with van der Waals surface area (Å²) in [6.07, 6.45) is 8.46. The van der Waals surface area contributed by atoms with Crippen molar-refractivity contribution in [2.75, 3.05) is 13.1 Å². The zero-order chi connectivity index (χ0) is 19.5. The van der Waals surface area contributed by atoms with Gasteiger partial charge in [0.2, 0.25) is 5.91 Å². The average molecular weight is 379 g/mol. The van der Waals surface area contributed by atoms with Gasteiger partial charge >= 0.3 is 0 Å². The number of aromatic amines is 1. The highest BCUT2D eigenvalue weighted by Crippen LogP contribution is 2.28. The third kappa shape index (κ3) is 3.66. The van der Waals surface area contributed by atoms with E-state index in [1.54, 1.807) is 0 Å². The van der Waals surface area contributed by atoms with E-state index in [4.69, 9.17) is 5.26 Å². The van der Waals surface area contributed by atoms with Crippen molar-refractivity contribution in [1.82, 2.24) is 15.2 Å². The molecular weight excluding hydrogens is 348 g/mol. The highest BCUT2D eigenvalue weighted by Gasteiger charge is 2.32. The van der Waals surface area contributed by atoms with Gasteiger partial charge in [-0.2, -0.15) is 5.26 Å². The molecule has 0 spiro atoms. The Morgan fingerprint density at radius 1 is 1.29 bits per heavy atom. The molecule has 5 heteroatoms. The molecule has 1 aromatic heterocycles. The fourth-order valence-electron chi connectivity index (χ4n) is 5.00. The molecule has 0 unspecified atom stereocenters. The first-order chi connectivity index (χ1) is 13.7. The van der Waals surface area contributed by atoms with Crippen molar-refractivity contribution in [3.05, 3.63) is 35.0 Å². The highest BCUT2D eigenvalue weighted by atomic mass is 16.2. The normalized spacial score (nSPS) is 22.5. The van der Waals surface area contributed by atoms with E-state index in [-0.39, 0.29) is 6.04 Å². The van der Waals surface area contributed by atoms with Crippen molar-refractivity contribution < 1.29 is 4.79 Å². The molecule has 1 amide bonds. The summed E-state index contributed by atoms with van der Waals surface area (Å²) in [4.78, 5) is 18.7. The van der Waals surface area contributed by atoms with Crippen molar-refractivity contribution in [2.24, 2.45) is 0 Å².